The van der Waals surface area contributed by atoms with Gasteiger partial charge < -0.3 is 14.2 Å². The largest absolute Gasteiger partial charge is 0.493 e. The molecular formula is C20H24N2O5S. The molecule has 1 atom stereocenters. The molecule has 1 fully saturated rings. The minimum atomic E-state index is -0.424. The van der Waals surface area contributed by atoms with Crippen molar-refractivity contribution in [2.45, 2.75) is 32.2 Å². The van der Waals surface area contributed by atoms with E-state index in [4.69, 9.17) is 14.2 Å². The lowest BCUT2D eigenvalue weighted by molar-refractivity contribution is -0.122. The van der Waals surface area contributed by atoms with Crippen LogP contribution in [0.3, 0.4) is 0 Å². The van der Waals surface area contributed by atoms with Crippen LogP contribution < -0.4 is 9.47 Å². The number of benzene rings is 1. The second-order valence-corrected chi connectivity index (χ2v) is 7.33. The highest BCUT2D eigenvalue weighted by molar-refractivity contribution is 7.10. The Labute approximate surface area is 168 Å². The van der Waals surface area contributed by atoms with Crippen molar-refractivity contribution in [3.05, 3.63) is 28.6 Å². The van der Waals surface area contributed by atoms with Crippen molar-refractivity contribution in [2.24, 2.45) is 0 Å². The number of ether oxygens (including phenoxy) is 3. The van der Waals surface area contributed by atoms with Crippen LogP contribution in [0.2, 0.25) is 0 Å². The zero-order valence-electron chi connectivity index (χ0n) is 16.3. The number of Topliss-reactive ketones (excluding diaryl/α,β-unsaturated/α-hetero) is 1. The van der Waals surface area contributed by atoms with Crippen molar-refractivity contribution in [3.8, 4) is 22.8 Å². The van der Waals surface area contributed by atoms with E-state index in [2.05, 4.69) is 4.98 Å². The first-order valence-corrected chi connectivity index (χ1v) is 10.1. The van der Waals surface area contributed by atoms with Crippen LogP contribution >= 0.6 is 11.3 Å². The number of ketones is 1. The lowest BCUT2D eigenvalue weighted by Crippen LogP contribution is -2.41. The van der Waals surface area contributed by atoms with E-state index in [0.29, 0.717) is 31.1 Å². The molecule has 0 unspecified atom stereocenters. The fourth-order valence-electron chi connectivity index (χ4n) is 3.31. The van der Waals surface area contributed by atoms with Crippen LogP contribution in [-0.2, 0) is 16.0 Å². The monoisotopic (exact) mass is 404 g/mol. The van der Waals surface area contributed by atoms with Gasteiger partial charge in [0, 0.05) is 17.5 Å². The molecule has 7 nitrogen and oxygen atoms in total. The first-order chi connectivity index (χ1) is 13.6. The quantitative estimate of drug-likeness (QED) is 0.702. The normalized spacial score (nSPS) is 16.1. The summed E-state index contributed by atoms with van der Waals surface area (Å²) in [4.78, 5) is 30.9. The van der Waals surface area contributed by atoms with E-state index < -0.39 is 12.1 Å². The van der Waals surface area contributed by atoms with Gasteiger partial charge in [-0.05, 0) is 38.0 Å². The highest BCUT2D eigenvalue weighted by atomic mass is 32.1. The molecule has 1 saturated heterocycles. The number of nitrogens with zero attached hydrogens (tertiary/aromatic N) is 2. The van der Waals surface area contributed by atoms with Crippen LogP contribution in [0.25, 0.3) is 11.3 Å². The van der Waals surface area contributed by atoms with Crippen LogP contribution in [0, 0.1) is 0 Å². The van der Waals surface area contributed by atoms with Crippen molar-refractivity contribution in [1.82, 2.24) is 9.88 Å². The molecule has 0 radical (unpaired) electrons. The highest BCUT2D eigenvalue weighted by Crippen LogP contribution is 2.33. The topological polar surface area (TPSA) is 78.0 Å². The Kier molecular flexibility index (Phi) is 6.51. The summed E-state index contributed by atoms with van der Waals surface area (Å²) < 4.78 is 15.7. The maximum absolute atomic E-state index is 12.7. The van der Waals surface area contributed by atoms with Crippen molar-refractivity contribution >= 4 is 23.2 Å². The number of methoxy groups -OCH3 is 2. The van der Waals surface area contributed by atoms with Gasteiger partial charge in [-0.15, -0.1) is 11.3 Å². The Morgan fingerprint density at radius 3 is 2.75 bits per heavy atom. The first-order valence-electron chi connectivity index (χ1n) is 9.20. The molecule has 3 rings (SSSR count). The van der Waals surface area contributed by atoms with Gasteiger partial charge in [0.1, 0.15) is 5.01 Å². The van der Waals surface area contributed by atoms with Gasteiger partial charge in [-0.2, -0.15) is 0 Å². The molecule has 2 aromatic rings. The van der Waals surface area contributed by atoms with Gasteiger partial charge >= 0.3 is 6.09 Å². The molecule has 0 spiro atoms. The van der Waals surface area contributed by atoms with Crippen LogP contribution in [-0.4, -0.2) is 55.2 Å². The zero-order valence-corrected chi connectivity index (χ0v) is 17.1. The summed E-state index contributed by atoms with van der Waals surface area (Å²) in [5, 5.41) is 2.65. The summed E-state index contributed by atoms with van der Waals surface area (Å²) in [5.74, 6) is 1.28. The van der Waals surface area contributed by atoms with E-state index in [0.717, 1.165) is 22.7 Å². The SMILES string of the molecule is CCOC(=O)N1CCC[C@H]1C(=O)Cc1nc(-c2ccc(OC)c(OC)c2)cs1. The fraction of sp³-hybridized carbons (Fsp3) is 0.450. The first kappa shape index (κ1) is 20.1. The fourth-order valence-corrected chi connectivity index (χ4v) is 4.13. The molecule has 1 aliphatic heterocycles. The molecular weight excluding hydrogens is 380 g/mol. The molecule has 0 saturated carbocycles. The van der Waals surface area contributed by atoms with E-state index in [9.17, 15) is 9.59 Å². The highest BCUT2D eigenvalue weighted by Gasteiger charge is 2.35. The Bertz CT molecular complexity index is 851. The van der Waals surface area contributed by atoms with E-state index >= 15 is 0 Å². The molecule has 8 heteroatoms. The predicted octanol–water partition coefficient (Wildman–Crippen LogP) is 3.56. The Hall–Kier alpha value is -2.61. The molecule has 0 N–H and O–H groups in total. The van der Waals surface area contributed by atoms with E-state index in [1.165, 1.54) is 16.2 Å². The Morgan fingerprint density at radius 2 is 2.04 bits per heavy atom. The third-order valence-electron chi connectivity index (χ3n) is 4.68. The van der Waals surface area contributed by atoms with Crippen molar-refractivity contribution < 1.29 is 23.8 Å². The summed E-state index contributed by atoms with van der Waals surface area (Å²) in [6, 6.07) is 5.17. The number of rotatable bonds is 7. The maximum Gasteiger partial charge on any atom is 0.410 e. The lowest BCUT2D eigenvalue weighted by atomic mass is 10.1. The second kappa shape index (κ2) is 9.05. The van der Waals surface area contributed by atoms with E-state index in [-0.39, 0.29) is 12.2 Å². The van der Waals surface area contributed by atoms with Gasteiger partial charge in [-0.3, -0.25) is 9.69 Å². The number of amides is 1. The summed E-state index contributed by atoms with van der Waals surface area (Å²) >= 11 is 1.44. The number of likely N-dealkylation sites (tertiary alicyclic amines) is 1. The van der Waals surface area contributed by atoms with Gasteiger partial charge in [-0.25, -0.2) is 9.78 Å². The second-order valence-electron chi connectivity index (χ2n) is 6.39. The number of hydrogen-bond acceptors (Lipinski definition) is 7. The molecule has 0 aliphatic carbocycles. The number of carbonyl (C=O) groups is 2. The van der Waals surface area contributed by atoms with E-state index in [1.807, 2.05) is 23.6 Å². The average Bonchev–Trinajstić information content (AvgIpc) is 3.37. The minimum Gasteiger partial charge on any atom is -0.493 e. The van der Waals surface area contributed by atoms with Crippen LogP contribution in [0.1, 0.15) is 24.8 Å². The Balaban J connectivity index is 1.71. The molecule has 1 aromatic heterocycles. The zero-order chi connectivity index (χ0) is 20.1. The molecule has 1 amide bonds. The van der Waals surface area contributed by atoms with E-state index in [1.54, 1.807) is 21.1 Å². The number of carbonyl (C=O) groups excluding carboxylic acids is 2. The van der Waals surface area contributed by atoms with Crippen LogP contribution in [0.4, 0.5) is 4.79 Å². The van der Waals surface area contributed by atoms with Crippen LogP contribution in [0.15, 0.2) is 23.6 Å². The van der Waals surface area contributed by atoms with Gasteiger partial charge in [0.05, 0.1) is 39.0 Å². The van der Waals surface area contributed by atoms with Gasteiger partial charge in [0.2, 0.25) is 0 Å². The van der Waals surface area contributed by atoms with Gasteiger partial charge in [0.15, 0.2) is 17.3 Å². The molecule has 2 heterocycles. The third kappa shape index (κ3) is 4.27. The smallest absolute Gasteiger partial charge is 0.410 e. The minimum absolute atomic E-state index is 0.00114. The molecule has 1 aliphatic rings. The van der Waals surface area contributed by atoms with Gasteiger partial charge in [0.25, 0.3) is 0 Å². The number of aromatic nitrogens is 1. The van der Waals surface area contributed by atoms with Crippen LogP contribution in [0.5, 0.6) is 11.5 Å². The lowest BCUT2D eigenvalue weighted by Gasteiger charge is -2.22. The van der Waals surface area contributed by atoms with Gasteiger partial charge in [-0.1, -0.05) is 0 Å². The third-order valence-corrected chi connectivity index (χ3v) is 5.53. The van der Waals surface area contributed by atoms with Crippen molar-refractivity contribution in [2.75, 3.05) is 27.4 Å². The molecule has 1 aromatic carbocycles. The number of thiazole rings is 1. The molecule has 150 valence electrons. The molecule has 28 heavy (non-hydrogen) atoms. The summed E-state index contributed by atoms with van der Waals surface area (Å²) in [6.45, 7) is 2.62. The summed E-state index contributed by atoms with van der Waals surface area (Å²) in [6.07, 6.45) is 1.28. The maximum atomic E-state index is 12.7. The summed E-state index contributed by atoms with van der Waals surface area (Å²) in [7, 11) is 3.18. The standard InChI is InChI=1S/C20H24N2O5S/c1-4-27-20(24)22-9-5-6-15(22)16(23)11-19-21-14(12-28-19)13-7-8-17(25-2)18(10-13)26-3/h7-8,10,12,15H,4-6,9,11H2,1-3H3/t15-/m0/s1. The molecule has 0 bridgehead atoms. The summed E-state index contributed by atoms with van der Waals surface area (Å²) in [5.41, 5.74) is 1.67. The van der Waals surface area contributed by atoms with Crippen molar-refractivity contribution in [1.29, 1.82) is 0 Å². The number of hydrogen-bond donors (Lipinski definition) is 0. The van der Waals surface area contributed by atoms with Crippen molar-refractivity contribution in [3.63, 3.8) is 0 Å². The Morgan fingerprint density at radius 1 is 1.25 bits per heavy atom. The average molecular weight is 404 g/mol. The predicted molar refractivity (Wildman–Crippen MR) is 106 cm³/mol.